The van der Waals surface area contributed by atoms with Crippen LogP contribution in [0.4, 0.5) is 5.82 Å². The van der Waals surface area contributed by atoms with Crippen molar-refractivity contribution in [2.24, 2.45) is 0 Å². The lowest BCUT2D eigenvalue weighted by Crippen LogP contribution is -2.26. The van der Waals surface area contributed by atoms with Gasteiger partial charge in [0.25, 0.3) is 5.91 Å². The van der Waals surface area contributed by atoms with Gasteiger partial charge in [-0.25, -0.2) is 19.7 Å². The fourth-order valence-corrected chi connectivity index (χ4v) is 3.63. The molecule has 4 aromatic rings. The van der Waals surface area contributed by atoms with Crippen LogP contribution in [0.2, 0.25) is 0 Å². The van der Waals surface area contributed by atoms with E-state index in [0.717, 1.165) is 0 Å². The molecule has 0 radical (unpaired) electrons. The number of aromatic amines is 1. The van der Waals surface area contributed by atoms with E-state index in [1.165, 1.54) is 17.5 Å². The summed E-state index contributed by atoms with van der Waals surface area (Å²) in [5.41, 5.74) is 7.43. The van der Waals surface area contributed by atoms with E-state index >= 15 is 0 Å². The van der Waals surface area contributed by atoms with Crippen molar-refractivity contribution in [2.45, 2.75) is 6.42 Å². The van der Waals surface area contributed by atoms with Gasteiger partial charge in [-0.3, -0.25) is 9.78 Å². The maximum absolute atomic E-state index is 12.6. The van der Waals surface area contributed by atoms with E-state index in [9.17, 15) is 9.59 Å². The maximum atomic E-state index is 12.6. The Labute approximate surface area is 162 Å². The predicted molar refractivity (Wildman–Crippen MR) is 106 cm³/mol. The van der Waals surface area contributed by atoms with Gasteiger partial charge in [-0.15, -0.1) is 11.3 Å². The molecule has 1 amide bonds. The number of carbonyl (C=O) groups excluding carboxylic acids is 1. The van der Waals surface area contributed by atoms with Crippen LogP contribution in [0.25, 0.3) is 21.7 Å². The molecule has 4 rings (SSSR count). The number of H-pyrrole nitrogens is 1. The summed E-state index contributed by atoms with van der Waals surface area (Å²) in [7, 11) is 0. The first-order valence-corrected chi connectivity index (χ1v) is 9.28. The first kappa shape index (κ1) is 17.7. The zero-order valence-corrected chi connectivity index (χ0v) is 15.4. The molecular weight excluding hydrogens is 378 g/mol. The molecule has 0 bridgehead atoms. The summed E-state index contributed by atoms with van der Waals surface area (Å²) >= 11 is 1.32. The molecule has 0 saturated heterocycles. The van der Waals surface area contributed by atoms with Gasteiger partial charge in [0.2, 0.25) is 0 Å². The average molecular weight is 393 g/mol. The van der Waals surface area contributed by atoms with E-state index in [1.807, 2.05) is 6.07 Å². The lowest BCUT2D eigenvalue weighted by molar-refractivity contribution is 0.0956. The molecule has 140 valence electrons. The molecule has 4 N–H and O–H groups in total. The number of thiophene rings is 1. The van der Waals surface area contributed by atoms with Crippen LogP contribution in [0.5, 0.6) is 0 Å². The summed E-state index contributed by atoms with van der Waals surface area (Å²) in [5, 5.41) is 5.06. The SMILES string of the molecule is Nc1nc(-c2ccccn2)nc2scc(C(=O)NCCc3ccnc(=O)[nH]3)c12. The molecule has 9 nitrogen and oxygen atoms in total. The number of fused-ring (bicyclic) bond motifs is 1. The lowest BCUT2D eigenvalue weighted by Gasteiger charge is -2.06. The van der Waals surface area contributed by atoms with Gasteiger partial charge in [-0.05, 0) is 18.2 Å². The minimum absolute atomic E-state index is 0.232. The molecule has 0 spiro atoms. The third-order valence-electron chi connectivity index (χ3n) is 4.02. The number of nitrogens with two attached hydrogens (primary N) is 1. The second-order valence-electron chi connectivity index (χ2n) is 5.88. The Kier molecular flexibility index (Phi) is 4.77. The number of hydrogen-bond acceptors (Lipinski definition) is 8. The van der Waals surface area contributed by atoms with Crippen LogP contribution in [0.1, 0.15) is 16.1 Å². The van der Waals surface area contributed by atoms with Crippen molar-refractivity contribution in [1.82, 2.24) is 30.2 Å². The normalized spacial score (nSPS) is 10.9. The maximum Gasteiger partial charge on any atom is 0.345 e. The fourth-order valence-electron chi connectivity index (χ4n) is 2.70. The van der Waals surface area contributed by atoms with E-state index in [-0.39, 0.29) is 11.7 Å². The number of amides is 1. The molecule has 0 aliphatic heterocycles. The summed E-state index contributed by atoms with van der Waals surface area (Å²) in [6, 6.07) is 7.14. The highest BCUT2D eigenvalue weighted by Crippen LogP contribution is 2.30. The van der Waals surface area contributed by atoms with Crippen LogP contribution in [0.15, 0.2) is 46.8 Å². The number of rotatable bonds is 5. The van der Waals surface area contributed by atoms with Crippen molar-refractivity contribution in [1.29, 1.82) is 0 Å². The molecule has 4 aromatic heterocycles. The van der Waals surface area contributed by atoms with E-state index in [0.29, 0.717) is 46.0 Å². The molecule has 4 heterocycles. The predicted octanol–water partition coefficient (Wildman–Crippen LogP) is 1.39. The highest BCUT2D eigenvalue weighted by molar-refractivity contribution is 7.17. The summed E-state index contributed by atoms with van der Waals surface area (Å²) in [6.45, 7) is 0.350. The number of nitrogens with one attached hydrogen (secondary N) is 2. The molecule has 0 fully saturated rings. The number of hydrogen-bond donors (Lipinski definition) is 3. The van der Waals surface area contributed by atoms with Gasteiger partial charge in [-0.1, -0.05) is 6.07 Å². The summed E-state index contributed by atoms with van der Waals surface area (Å²) in [4.78, 5) is 43.6. The highest BCUT2D eigenvalue weighted by atomic mass is 32.1. The van der Waals surface area contributed by atoms with Gasteiger partial charge < -0.3 is 16.0 Å². The van der Waals surface area contributed by atoms with Crippen molar-refractivity contribution < 1.29 is 4.79 Å². The monoisotopic (exact) mass is 393 g/mol. The summed E-state index contributed by atoms with van der Waals surface area (Å²) < 4.78 is 0. The molecular formula is C18H15N7O2S. The van der Waals surface area contributed by atoms with Crippen molar-refractivity contribution >= 4 is 33.3 Å². The van der Waals surface area contributed by atoms with E-state index in [1.54, 1.807) is 29.8 Å². The van der Waals surface area contributed by atoms with Crippen molar-refractivity contribution in [3.63, 3.8) is 0 Å². The lowest BCUT2D eigenvalue weighted by atomic mass is 10.2. The van der Waals surface area contributed by atoms with Crippen LogP contribution in [-0.4, -0.2) is 37.4 Å². The van der Waals surface area contributed by atoms with Crippen LogP contribution in [-0.2, 0) is 6.42 Å². The van der Waals surface area contributed by atoms with E-state index in [4.69, 9.17) is 5.73 Å². The largest absolute Gasteiger partial charge is 0.383 e. The van der Waals surface area contributed by atoms with Crippen molar-refractivity contribution in [3.05, 3.63) is 63.8 Å². The van der Waals surface area contributed by atoms with Crippen molar-refractivity contribution in [2.75, 3.05) is 12.3 Å². The topological polar surface area (TPSA) is 140 Å². The Morgan fingerprint density at radius 3 is 2.86 bits per heavy atom. The smallest absolute Gasteiger partial charge is 0.345 e. The number of aromatic nitrogens is 5. The fraction of sp³-hybridized carbons (Fsp3) is 0.111. The summed E-state index contributed by atoms with van der Waals surface area (Å²) in [5.74, 6) is 0.375. The van der Waals surface area contributed by atoms with Crippen LogP contribution < -0.4 is 16.7 Å². The number of pyridine rings is 1. The van der Waals surface area contributed by atoms with Crippen LogP contribution in [0, 0.1) is 0 Å². The van der Waals surface area contributed by atoms with E-state index in [2.05, 4.69) is 30.2 Å². The van der Waals surface area contributed by atoms with Crippen molar-refractivity contribution in [3.8, 4) is 11.5 Å². The van der Waals surface area contributed by atoms with Gasteiger partial charge in [0, 0.05) is 36.4 Å². The Morgan fingerprint density at radius 2 is 2.07 bits per heavy atom. The molecule has 0 aromatic carbocycles. The van der Waals surface area contributed by atoms with Gasteiger partial charge in [-0.2, -0.15) is 0 Å². The number of nitrogens with zero attached hydrogens (tertiary/aromatic N) is 4. The van der Waals surface area contributed by atoms with Gasteiger partial charge in [0.1, 0.15) is 16.3 Å². The molecule has 28 heavy (non-hydrogen) atoms. The zero-order valence-electron chi connectivity index (χ0n) is 14.5. The Balaban J connectivity index is 1.54. The van der Waals surface area contributed by atoms with Gasteiger partial charge in [0.15, 0.2) is 5.82 Å². The Morgan fingerprint density at radius 1 is 1.18 bits per heavy atom. The first-order valence-electron chi connectivity index (χ1n) is 8.40. The quantitative estimate of drug-likeness (QED) is 0.465. The minimum Gasteiger partial charge on any atom is -0.383 e. The van der Waals surface area contributed by atoms with Crippen LogP contribution >= 0.6 is 11.3 Å². The minimum atomic E-state index is -0.415. The molecule has 10 heteroatoms. The van der Waals surface area contributed by atoms with Gasteiger partial charge >= 0.3 is 5.69 Å². The molecule has 0 aliphatic carbocycles. The summed E-state index contributed by atoms with van der Waals surface area (Å²) in [6.07, 6.45) is 3.56. The standard InChI is InChI=1S/C18H15N7O2S/c19-14-13-11(16(26)21-7-4-10-5-8-22-18(27)23-10)9-28-17(13)25-15(24-14)12-3-1-2-6-20-12/h1-3,5-6,8-9H,4,7H2,(H,21,26)(H2,19,24,25)(H,22,23,27). The Bertz CT molecular complexity index is 1200. The number of carbonyl (C=O) groups is 1. The van der Waals surface area contributed by atoms with Gasteiger partial charge in [0.05, 0.1) is 10.9 Å². The highest BCUT2D eigenvalue weighted by Gasteiger charge is 2.18. The third kappa shape index (κ3) is 3.58. The zero-order chi connectivity index (χ0) is 19.5. The molecule has 0 unspecified atom stereocenters. The molecule has 0 aliphatic rings. The average Bonchev–Trinajstić information content (AvgIpc) is 3.13. The third-order valence-corrected chi connectivity index (χ3v) is 4.89. The molecule has 0 atom stereocenters. The second-order valence-corrected chi connectivity index (χ2v) is 6.74. The second kappa shape index (κ2) is 7.53. The van der Waals surface area contributed by atoms with E-state index < -0.39 is 5.69 Å². The molecule has 0 saturated carbocycles. The van der Waals surface area contributed by atoms with Crippen LogP contribution in [0.3, 0.4) is 0 Å². The number of nitrogen functional groups attached to an aromatic ring is 1. The first-order chi connectivity index (χ1) is 13.6. The number of anilines is 1. The Hall–Kier alpha value is -3.66.